The molecule has 0 aromatic heterocycles. The Morgan fingerprint density at radius 1 is 1.03 bits per heavy atom. The molecule has 2 atom stereocenters. The highest BCUT2D eigenvalue weighted by Crippen LogP contribution is 2.36. The SMILES string of the molecule is CC(O)(C(=O)NCC(F)(F)C(F)(F)F)C(=O)NC1CN(CCO)c2ccccc2N(CC(F)(F)F)C1=O. The number of carbonyl (C=O) groups excluding carboxylic acids is 3. The minimum absolute atomic E-state index is 0.0739. The summed E-state index contributed by atoms with van der Waals surface area (Å²) in [6.45, 7) is -5.00. The number of hydrogen-bond acceptors (Lipinski definition) is 6. The zero-order valence-electron chi connectivity index (χ0n) is 19.0. The third-order valence-corrected chi connectivity index (χ3v) is 5.26. The third-order valence-electron chi connectivity index (χ3n) is 5.26. The van der Waals surface area contributed by atoms with Gasteiger partial charge >= 0.3 is 18.3 Å². The Labute approximate surface area is 204 Å². The van der Waals surface area contributed by atoms with Crippen LogP contribution in [-0.4, -0.2) is 90.6 Å². The van der Waals surface area contributed by atoms with Crippen molar-refractivity contribution in [3.63, 3.8) is 0 Å². The third kappa shape index (κ3) is 6.97. The summed E-state index contributed by atoms with van der Waals surface area (Å²) in [6, 6.07) is 3.42. The number of rotatable bonds is 8. The summed E-state index contributed by atoms with van der Waals surface area (Å²) in [7, 11) is 0. The van der Waals surface area contributed by atoms with Gasteiger partial charge in [-0.3, -0.25) is 19.3 Å². The Hall–Kier alpha value is -3.21. The number of amides is 3. The first-order valence-corrected chi connectivity index (χ1v) is 10.4. The van der Waals surface area contributed by atoms with Crippen LogP contribution < -0.4 is 20.4 Å². The minimum atomic E-state index is -6.05. The van der Waals surface area contributed by atoms with E-state index in [2.05, 4.69) is 0 Å². The minimum Gasteiger partial charge on any atom is -0.395 e. The second-order valence-electron chi connectivity index (χ2n) is 8.18. The van der Waals surface area contributed by atoms with Gasteiger partial charge in [-0.2, -0.15) is 35.1 Å². The van der Waals surface area contributed by atoms with Gasteiger partial charge in [0.1, 0.15) is 12.6 Å². The number of fused-ring (bicyclic) bond motifs is 1. The Kier molecular flexibility index (Phi) is 8.64. The van der Waals surface area contributed by atoms with Gasteiger partial charge in [-0.1, -0.05) is 12.1 Å². The smallest absolute Gasteiger partial charge is 0.395 e. The lowest BCUT2D eigenvalue weighted by Crippen LogP contribution is -2.62. The van der Waals surface area contributed by atoms with Gasteiger partial charge in [0.05, 0.1) is 24.5 Å². The number of aliphatic hydroxyl groups excluding tert-OH is 1. The number of anilines is 2. The molecule has 2 unspecified atom stereocenters. The fourth-order valence-electron chi connectivity index (χ4n) is 3.31. The molecule has 17 heteroatoms. The largest absolute Gasteiger partial charge is 0.455 e. The monoisotopic (exact) mass is 550 g/mol. The number of aliphatic hydroxyl groups is 2. The van der Waals surface area contributed by atoms with E-state index in [1.54, 1.807) is 0 Å². The lowest BCUT2D eigenvalue weighted by Gasteiger charge is -2.29. The Morgan fingerprint density at radius 3 is 2.11 bits per heavy atom. The molecule has 0 aliphatic carbocycles. The Bertz CT molecular complexity index is 1020. The molecule has 1 aromatic carbocycles. The molecule has 208 valence electrons. The molecule has 0 bridgehead atoms. The maximum absolute atomic E-state index is 13.3. The van der Waals surface area contributed by atoms with Crippen LogP contribution in [-0.2, 0) is 14.4 Å². The van der Waals surface area contributed by atoms with Crippen LogP contribution in [0.2, 0.25) is 0 Å². The summed E-state index contributed by atoms with van der Waals surface area (Å²) in [4.78, 5) is 39.2. The van der Waals surface area contributed by atoms with Gasteiger partial charge in [0, 0.05) is 13.1 Å². The zero-order chi connectivity index (χ0) is 28.4. The van der Waals surface area contributed by atoms with Crippen LogP contribution in [0.5, 0.6) is 0 Å². The van der Waals surface area contributed by atoms with Crippen molar-refractivity contribution in [1.82, 2.24) is 10.6 Å². The van der Waals surface area contributed by atoms with Crippen molar-refractivity contribution < 1.29 is 59.7 Å². The number of halogens is 8. The molecule has 0 radical (unpaired) electrons. The van der Waals surface area contributed by atoms with Crippen molar-refractivity contribution in [2.75, 3.05) is 42.6 Å². The number of benzene rings is 1. The molecular weight excluding hydrogens is 528 g/mol. The number of para-hydroxylation sites is 2. The standard InChI is InChI=1S/C20H22F8N4O5/c1-17(37,15(35)29-9-18(21,22)20(26,27)28)16(36)30-11-8-31(6-7-33)12-4-2-3-5-13(12)32(14(11)34)10-19(23,24)25/h2-5,11,33,37H,6-10H2,1H3,(H,29,35)(H,30,36). The molecule has 0 saturated carbocycles. The van der Waals surface area contributed by atoms with Crippen molar-refractivity contribution in [3.8, 4) is 0 Å². The molecule has 37 heavy (non-hydrogen) atoms. The van der Waals surface area contributed by atoms with Crippen molar-refractivity contribution in [2.24, 2.45) is 0 Å². The van der Waals surface area contributed by atoms with Crippen molar-refractivity contribution in [1.29, 1.82) is 0 Å². The number of hydrogen-bond donors (Lipinski definition) is 4. The van der Waals surface area contributed by atoms with Crippen LogP contribution in [0.15, 0.2) is 24.3 Å². The highest BCUT2D eigenvalue weighted by atomic mass is 19.4. The first-order chi connectivity index (χ1) is 16.8. The van der Waals surface area contributed by atoms with E-state index in [4.69, 9.17) is 0 Å². The molecule has 1 aliphatic rings. The average molecular weight is 550 g/mol. The van der Waals surface area contributed by atoms with Gasteiger partial charge in [0.2, 0.25) is 5.60 Å². The van der Waals surface area contributed by atoms with Gasteiger partial charge in [0.25, 0.3) is 17.7 Å². The van der Waals surface area contributed by atoms with Gasteiger partial charge in [0.15, 0.2) is 0 Å². The average Bonchev–Trinajstić information content (AvgIpc) is 2.87. The second kappa shape index (κ2) is 10.6. The molecule has 1 heterocycles. The molecule has 0 spiro atoms. The fourth-order valence-corrected chi connectivity index (χ4v) is 3.31. The summed E-state index contributed by atoms with van der Waals surface area (Å²) in [5.74, 6) is -10.5. The molecule has 1 aliphatic heterocycles. The number of nitrogens with zero attached hydrogens (tertiary/aromatic N) is 2. The molecular formula is C20H22F8N4O5. The van der Waals surface area contributed by atoms with E-state index in [9.17, 15) is 59.7 Å². The van der Waals surface area contributed by atoms with Gasteiger partial charge < -0.3 is 25.7 Å². The van der Waals surface area contributed by atoms with Crippen molar-refractivity contribution in [2.45, 2.75) is 36.8 Å². The van der Waals surface area contributed by atoms with Crippen LogP contribution >= 0.6 is 0 Å². The van der Waals surface area contributed by atoms with E-state index >= 15 is 0 Å². The lowest BCUT2D eigenvalue weighted by molar-refractivity contribution is -0.278. The van der Waals surface area contributed by atoms with E-state index < -0.39 is 73.9 Å². The van der Waals surface area contributed by atoms with E-state index in [-0.39, 0.29) is 22.8 Å². The first kappa shape index (κ1) is 30.0. The quantitative estimate of drug-likeness (QED) is 0.283. The summed E-state index contributed by atoms with van der Waals surface area (Å²) in [5, 5.41) is 22.5. The van der Waals surface area contributed by atoms with E-state index in [1.165, 1.54) is 29.2 Å². The van der Waals surface area contributed by atoms with Gasteiger partial charge in [-0.15, -0.1) is 0 Å². The predicted molar refractivity (Wildman–Crippen MR) is 111 cm³/mol. The molecule has 4 N–H and O–H groups in total. The number of alkyl halides is 8. The van der Waals surface area contributed by atoms with Crippen LogP contribution in [0.1, 0.15) is 6.92 Å². The maximum atomic E-state index is 13.3. The maximum Gasteiger partial charge on any atom is 0.455 e. The van der Waals surface area contributed by atoms with Crippen LogP contribution in [0, 0.1) is 0 Å². The first-order valence-electron chi connectivity index (χ1n) is 10.4. The van der Waals surface area contributed by atoms with E-state index in [0.29, 0.717) is 6.92 Å². The summed E-state index contributed by atoms with van der Waals surface area (Å²) in [5.41, 5.74) is -3.46. The fraction of sp³-hybridized carbons (Fsp3) is 0.550. The number of carbonyl (C=O) groups is 3. The normalized spacial score (nSPS) is 18.6. The van der Waals surface area contributed by atoms with E-state index in [0.717, 1.165) is 5.32 Å². The van der Waals surface area contributed by atoms with Crippen LogP contribution in [0.4, 0.5) is 46.5 Å². The molecule has 0 fully saturated rings. The highest BCUT2D eigenvalue weighted by molar-refractivity contribution is 6.10. The topological polar surface area (TPSA) is 122 Å². The summed E-state index contributed by atoms with van der Waals surface area (Å²) >= 11 is 0. The molecule has 2 rings (SSSR count). The van der Waals surface area contributed by atoms with E-state index in [1.807, 2.05) is 5.32 Å². The number of β-amino-alcohol motifs (C(OH)–C–C–N with tert-alkyl or cyclic N) is 1. The summed E-state index contributed by atoms with van der Waals surface area (Å²) < 4.78 is 103. The second-order valence-corrected chi connectivity index (χ2v) is 8.18. The van der Waals surface area contributed by atoms with Crippen molar-refractivity contribution >= 4 is 29.1 Å². The Balaban J connectivity index is 2.32. The molecule has 1 aromatic rings. The Morgan fingerprint density at radius 2 is 1.59 bits per heavy atom. The molecule has 9 nitrogen and oxygen atoms in total. The van der Waals surface area contributed by atoms with Crippen LogP contribution in [0.3, 0.4) is 0 Å². The highest BCUT2D eigenvalue weighted by Gasteiger charge is 2.58. The van der Waals surface area contributed by atoms with Gasteiger partial charge in [-0.25, -0.2) is 0 Å². The summed E-state index contributed by atoms with van der Waals surface area (Å²) in [6.07, 6.45) is -11.0. The van der Waals surface area contributed by atoms with Crippen molar-refractivity contribution in [3.05, 3.63) is 24.3 Å². The van der Waals surface area contributed by atoms with Crippen LogP contribution in [0.25, 0.3) is 0 Å². The predicted octanol–water partition coefficient (Wildman–Crippen LogP) is 0.944. The lowest BCUT2D eigenvalue weighted by atomic mass is 10.0. The van der Waals surface area contributed by atoms with Gasteiger partial charge in [-0.05, 0) is 19.1 Å². The zero-order valence-corrected chi connectivity index (χ0v) is 19.0. The number of nitrogens with one attached hydrogen (secondary N) is 2. The molecule has 3 amide bonds. The molecule has 0 saturated heterocycles.